The number of amides is 3. The maximum atomic E-state index is 13.1. The third-order valence-electron chi connectivity index (χ3n) is 4.55. The van der Waals surface area contributed by atoms with Gasteiger partial charge in [0.05, 0.1) is 23.4 Å². The van der Waals surface area contributed by atoms with Crippen LogP contribution in [0.5, 0.6) is 5.75 Å². The van der Waals surface area contributed by atoms with Crippen LogP contribution in [0.25, 0.3) is 6.08 Å². The molecular weight excluding hydrogens is 377 g/mol. The molecule has 3 amide bonds. The Morgan fingerprint density at radius 2 is 1.93 bits per heavy atom. The molecule has 2 heterocycles. The average molecular weight is 393 g/mol. The van der Waals surface area contributed by atoms with Gasteiger partial charge in [0, 0.05) is 0 Å². The van der Waals surface area contributed by atoms with Crippen LogP contribution in [-0.4, -0.2) is 34.5 Å². The Kier molecular flexibility index (Phi) is 4.67. The topological polar surface area (TPSA) is 88.1 Å². The van der Waals surface area contributed by atoms with E-state index in [4.69, 9.17) is 4.74 Å². The fourth-order valence-corrected chi connectivity index (χ4v) is 3.05. The summed E-state index contributed by atoms with van der Waals surface area (Å²) in [5.74, 6) is -1.66. The Labute approximate surface area is 165 Å². The van der Waals surface area contributed by atoms with Crippen molar-refractivity contribution in [2.45, 2.75) is 19.4 Å². The van der Waals surface area contributed by atoms with Crippen LogP contribution in [0.15, 0.2) is 59.2 Å². The molecular formula is C21H16FN3O4. The molecule has 1 unspecified atom stereocenters. The van der Waals surface area contributed by atoms with Gasteiger partial charge in [-0.2, -0.15) is 10.1 Å². The molecule has 29 heavy (non-hydrogen) atoms. The number of ether oxygens (including phenoxy) is 1. The van der Waals surface area contributed by atoms with Crippen molar-refractivity contribution in [1.29, 1.82) is 0 Å². The van der Waals surface area contributed by atoms with Gasteiger partial charge in [0.1, 0.15) is 11.6 Å². The molecule has 2 aromatic rings. The smallest absolute Gasteiger partial charge is 0.283 e. The van der Waals surface area contributed by atoms with E-state index in [0.717, 1.165) is 5.01 Å². The molecule has 0 radical (unpaired) electrons. The molecule has 0 saturated heterocycles. The minimum atomic E-state index is -1.06. The standard InChI is InChI=1S/C21H16FN3O4/c1-12-15(10-13-6-8-14(22)9-7-13)21(28)25(24-12)19(26)11-18-20(27)23-16-4-2-3-5-17(16)29-18/h2-10,18H,11H2,1H3,(H,23,27)/b15-10-. The van der Waals surface area contributed by atoms with Crippen LogP contribution in [-0.2, 0) is 14.4 Å². The van der Waals surface area contributed by atoms with Gasteiger partial charge in [0.15, 0.2) is 6.10 Å². The molecule has 0 spiro atoms. The minimum Gasteiger partial charge on any atom is -0.478 e. The van der Waals surface area contributed by atoms with Gasteiger partial charge >= 0.3 is 0 Å². The van der Waals surface area contributed by atoms with E-state index in [1.807, 2.05) is 0 Å². The van der Waals surface area contributed by atoms with Gasteiger partial charge < -0.3 is 10.1 Å². The number of carbonyl (C=O) groups excluding carboxylic acids is 3. The molecule has 2 aliphatic rings. The summed E-state index contributed by atoms with van der Waals surface area (Å²) in [6, 6.07) is 12.5. The monoisotopic (exact) mass is 393 g/mol. The van der Waals surface area contributed by atoms with Gasteiger partial charge in [-0.15, -0.1) is 0 Å². The van der Waals surface area contributed by atoms with Crippen LogP contribution in [0.1, 0.15) is 18.9 Å². The number of rotatable bonds is 3. The summed E-state index contributed by atoms with van der Waals surface area (Å²) in [5, 5.41) is 7.43. The summed E-state index contributed by atoms with van der Waals surface area (Å²) >= 11 is 0. The number of hydrogen-bond donors (Lipinski definition) is 1. The maximum Gasteiger partial charge on any atom is 0.283 e. The summed E-state index contributed by atoms with van der Waals surface area (Å²) in [4.78, 5) is 37.5. The van der Waals surface area contributed by atoms with Crippen molar-refractivity contribution >= 4 is 35.2 Å². The number of imide groups is 1. The molecule has 2 aromatic carbocycles. The van der Waals surface area contributed by atoms with Crippen molar-refractivity contribution < 1.29 is 23.5 Å². The fourth-order valence-electron chi connectivity index (χ4n) is 3.05. The lowest BCUT2D eigenvalue weighted by Crippen LogP contribution is -2.41. The zero-order valence-electron chi connectivity index (χ0n) is 15.4. The Balaban J connectivity index is 1.49. The largest absolute Gasteiger partial charge is 0.478 e. The zero-order chi connectivity index (χ0) is 20.5. The predicted molar refractivity (Wildman–Crippen MR) is 103 cm³/mol. The molecule has 146 valence electrons. The quantitative estimate of drug-likeness (QED) is 0.813. The fraction of sp³-hybridized carbons (Fsp3) is 0.143. The van der Waals surface area contributed by atoms with E-state index in [9.17, 15) is 18.8 Å². The number of halogens is 1. The zero-order valence-corrected chi connectivity index (χ0v) is 15.4. The Morgan fingerprint density at radius 3 is 2.69 bits per heavy atom. The number of anilines is 1. The predicted octanol–water partition coefficient (Wildman–Crippen LogP) is 2.74. The lowest BCUT2D eigenvalue weighted by molar-refractivity contribution is -0.144. The van der Waals surface area contributed by atoms with Crippen molar-refractivity contribution in [2.24, 2.45) is 5.10 Å². The number of hydrogen-bond acceptors (Lipinski definition) is 5. The molecule has 8 heteroatoms. The van der Waals surface area contributed by atoms with Crippen LogP contribution in [0.2, 0.25) is 0 Å². The molecule has 0 bridgehead atoms. The van der Waals surface area contributed by atoms with Crippen molar-refractivity contribution in [1.82, 2.24) is 5.01 Å². The van der Waals surface area contributed by atoms with Crippen LogP contribution >= 0.6 is 0 Å². The Morgan fingerprint density at radius 1 is 1.21 bits per heavy atom. The van der Waals surface area contributed by atoms with E-state index in [0.29, 0.717) is 22.7 Å². The average Bonchev–Trinajstić information content (AvgIpc) is 2.98. The first kappa shape index (κ1) is 18.5. The summed E-state index contributed by atoms with van der Waals surface area (Å²) in [6.45, 7) is 1.60. The highest BCUT2D eigenvalue weighted by Gasteiger charge is 2.36. The van der Waals surface area contributed by atoms with E-state index in [-0.39, 0.29) is 17.8 Å². The van der Waals surface area contributed by atoms with E-state index in [1.54, 1.807) is 31.2 Å². The van der Waals surface area contributed by atoms with Crippen molar-refractivity contribution in [3.8, 4) is 5.75 Å². The highest BCUT2D eigenvalue weighted by molar-refractivity contribution is 6.29. The van der Waals surface area contributed by atoms with Gasteiger partial charge in [0.2, 0.25) is 0 Å². The first-order valence-corrected chi connectivity index (χ1v) is 8.89. The molecule has 1 atom stereocenters. The number of benzene rings is 2. The van der Waals surface area contributed by atoms with E-state index < -0.39 is 23.8 Å². The summed E-state index contributed by atoms with van der Waals surface area (Å²) in [5.41, 5.74) is 1.71. The van der Waals surface area contributed by atoms with Gasteiger partial charge in [-0.1, -0.05) is 24.3 Å². The van der Waals surface area contributed by atoms with Crippen molar-refractivity contribution in [2.75, 3.05) is 5.32 Å². The number of carbonyl (C=O) groups is 3. The maximum absolute atomic E-state index is 13.1. The molecule has 1 N–H and O–H groups in total. The third kappa shape index (κ3) is 3.64. The normalized spacial score (nSPS) is 19.5. The SMILES string of the molecule is CC1=NN(C(=O)CC2Oc3ccccc3NC2=O)C(=O)/C1=C\c1ccc(F)cc1. The molecule has 0 aliphatic carbocycles. The number of nitrogens with zero attached hydrogens (tertiary/aromatic N) is 2. The van der Waals surface area contributed by atoms with Gasteiger partial charge in [-0.05, 0) is 42.8 Å². The van der Waals surface area contributed by atoms with Gasteiger partial charge in [-0.25, -0.2) is 4.39 Å². The van der Waals surface area contributed by atoms with Crippen LogP contribution < -0.4 is 10.1 Å². The molecule has 4 rings (SSSR count). The highest BCUT2D eigenvalue weighted by atomic mass is 19.1. The highest BCUT2D eigenvalue weighted by Crippen LogP contribution is 2.30. The molecule has 0 saturated carbocycles. The number of hydrazone groups is 1. The molecule has 2 aliphatic heterocycles. The van der Waals surface area contributed by atoms with Crippen molar-refractivity contribution in [3.63, 3.8) is 0 Å². The second-order valence-electron chi connectivity index (χ2n) is 6.60. The van der Waals surface area contributed by atoms with Crippen LogP contribution in [0.4, 0.5) is 10.1 Å². The molecule has 0 aromatic heterocycles. The summed E-state index contributed by atoms with van der Waals surface area (Å²) in [6.07, 6.45) is 0.131. The third-order valence-corrected chi connectivity index (χ3v) is 4.55. The number of nitrogens with one attached hydrogen (secondary N) is 1. The second-order valence-corrected chi connectivity index (χ2v) is 6.60. The lowest BCUT2D eigenvalue weighted by Gasteiger charge is -2.25. The van der Waals surface area contributed by atoms with E-state index >= 15 is 0 Å². The van der Waals surface area contributed by atoms with Gasteiger partial charge in [0.25, 0.3) is 17.7 Å². The minimum absolute atomic E-state index is 0.226. The lowest BCUT2D eigenvalue weighted by atomic mass is 10.1. The summed E-state index contributed by atoms with van der Waals surface area (Å²) in [7, 11) is 0. The molecule has 7 nitrogen and oxygen atoms in total. The Hall–Kier alpha value is -3.81. The van der Waals surface area contributed by atoms with E-state index in [1.165, 1.54) is 30.3 Å². The first-order chi connectivity index (χ1) is 13.9. The second kappa shape index (κ2) is 7.31. The summed E-state index contributed by atoms with van der Waals surface area (Å²) < 4.78 is 18.7. The first-order valence-electron chi connectivity index (χ1n) is 8.89. The van der Waals surface area contributed by atoms with Crippen LogP contribution in [0, 0.1) is 5.82 Å². The van der Waals surface area contributed by atoms with E-state index in [2.05, 4.69) is 10.4 Å². The number of fused-ring (bicyclic) bond motifs is 1. The van der Waals surface area contributed by atoms with Gasteiger partial charge in [-0.3, -0.25) is 14.4 Å². The Bertz CT molecular complexity index is 1080. The number of para-hydroxylation sites is 2. The van der Waals surface area contributed by atoms with Crippen LogP contribution in [0.3, 0.4) is 0 Å². The van der Waals surface area contributed by atoms with Crippen molar-refractivity contribution in [3.05, 3.63) is 65.5 Å². The molecule has 0 fully saturated rings.